The van der Waals surface area contributed by atoms with Crippen LogP contribution in [-0.2, 0) is 14.8 Å². The van der Waals surface area contributed by atoms with Crippen molar-refractivity contribution in [2.45, 2.75) is 37.0 Å². The molecule has 2 fully saturated rings. The van der Waals surface area contributed by atoms with Gasteiger partial charge >= 0.3 is 0 Å². The van der Waals surface area contributed by atoms with Crippen LogP contribution in [0.1, 0.15) is 32.1 Å². The number of halogens is 1. The zero-order valence-corrected chi connectivity index (χ0v) is 18.3. The van der Waals surface area contributed by atoms with Crippen molar-refractivity contribution in [3.8, 4) is 5.75 Å². The number of anilines is 2. The Labute approximate surface area is 182 Å². The average Bonchev–Trinajstić information content (AvgIpc) is 3.32. The number of nitrogens with one attached hydrogen (secondary N) is 2. The summed E-state index contributed by atoms with van der Waals surface area (Å²) in [4.78, 5) is 12.4. The highest BCUT2D eigenvalue weighted by Gasteiger charge is 2.40. The summed E-state index contributed by atoms with van der Waals surface area (Å²) < 4.78 is 33.6. The van der Waals surface area contributed by atoms with Crippen molar-refractivity contribution in [1.82, 2.24) is 0 Å². The smallest absolute Gasteiger partial charge is 0.263 e. The first-order valence-corrected chi connectivity index (χ1v) is 12.0. The lowest BCUT2D eigenvalue weighted by Gasteiger charge is -2.21. The van der Waals surface area contributed by atoms with Crippen molar-refractivity contribution in [2.24, 2.45) is 17.8 Å². The third kappa shape index (κ3) is 4.42. The SMILES string of the molecule is COc1ccccc1NS(=O)(=O)c1cc(NC(=O)C[C@@H]2C[C@H]3CC[C@H]2C3)ccc1Cl. The maximum absolute atomic E-state index is 12.9. The number of hydrogen-bond donors (Lipinski definition) is 2. The molecule has 2 bridgehead atoms. The van der Waals surface area contributed by atoms with Crippen molar-refractivity contribution in [3.63, 3.8) is 0 Å². The van der Waals surface area contributed by atoms with E-state index >= 15 is 0 Å². The van der Waals surface area contributed by atoms with Crippen molar-refractivity contribution in [3.05, 3.63) is 47.5 Å². The Hall–Kier alpha value is -2.25. The van der Waals surface area contributed by atoms with Gasteiger partial charge in [0.15, 0.2) is 0 Å². The lowest BCUT2D eigenvalue weighted by Crippen LogP contribution is -2.20. The Morgan fingerprint density at radius 3 is 2.67 bits per heavy atom. The summed E-state index contributed by atoms with van der Waals surface area (Å²) in [7, 11) is -2.51. The molecule has 2 aromatic rings. The number of benzene rings is 2. The molecule has 0 radical (unpaired) electrons. The molecule has 160 valence electrons. The van der Waals surface area contributed by atoms with Crippen molar-refractivity contribution < 1.29 is 17.9 Å². The van der Waals surface area contributed by atoms with E-state index in [0.717, 1.165) is 12.3 Å². The molecular formula is C22H25ClN2O4S. The van der Waals surface area contributed by atoms with Crippen LogP contribution < -0.4 is 14.8 Å². The van der Waals surface area contributed by atoms with Gasteiger partial charge in [-0.25, -0.2) is 8.42 Å². The van der Waals surface area contributed by atoms with Gasteiger partial charge in [0, 0.05) is 12.1 Å². The molecule has 0 saturated heterocycles. The van der Waals surface area contributed by atoms with E-state index in [4.69, 9.17) is 16.3 Å². The predicted octanol–water partition coefficient (Wildman–Crippen LogP) is 4.91. The van der Waals surface area contributed by atoms with E-state index in [9.17, 15) is 13.2 Å². The molecule has 2 aliphatic rings. The summed E-state index contributed by atoms with van der Waals surface area (Å²) in [5.41, 5.74) is 0.717. The van der Waals surface area contributed by atoms with E-state index in [1.807, 2.05) is 0 Å². The number of fused-ring (bicyclic) bond motifs is 2. The molecule has 2 N–H and O–H groups in total. The lowest BCUT2D eigenvalue weighted by molar-refractivity contribution is -0.117. The summed E-state index contributed by atoms with van der Waals surface area (Å²) in [5.74, 6) is 2.18. The highest BCUT2D eigenvalue weighted by Crippen LogP contribution is 2.49. The Morgan fingerprint density at radius 1 is 1.17 bits per heavy atom. The van der Waals surface area contributed by atoms with Crippen LogP contribution in [0, 0.1) is 17.8 Å². The van der Waals surface area contributed by atoms with Crippen LogP contribution in [0.5, 0.6) is 5.75 Å². The molecule has 2 saturated carbocycles. The quantitative estimate of drug-likeness (QED) is 0.630. The van der Waals surface area contributed by atoms with Crippen molar-refractivity contribution in [1.29, 1.82) is 0 Å². The van der Waals surface area contributed by atoms with E-state index < -0.39 is 10.0 Å². The van der Waals surface area contributed by atoms with Gasteiger partial charge in [0.05, 0.1) is 17.8 Å². The first kappa shape index (κ1) is 21.0. The topological polar surface area (TPSA) is 84.5 Å². The third-order valence-corrected chi connectivity index (χ3v) is 8.03. The van der Waals surface area contributed by atoms with Gasteiger partial charge in [-0.2, -0.15) is 0 Å². The van der Waals surface area contributed by atoms with Gasteiger partial charge in [-0.15, -0.1) is 0 Å². The number of methoxy groups -OCH3 is 1. The number of para-hydroxylation sites is 2. The minimum absolute atomic E-state index is 0.0727. The molecule has 8 heteroatoms. The minimum atomic E-state index is -3.98. The number of amides is 1. The van der Waals surface area contributed by atoms with E-state index in [0.29, 0.717) is 35.4 Å². The monoisotopic (exact) mass is 448 g/mol. The van der Waals surface area contributed by atoms with Gasteiger partial charge in [-0.1, -0.05) is 30.2 Å². The van der Waals surface area contributed by atoms with E-state index in [1.165, 1.54) is 38.5 Å². The number of hydrogen-bond acceptors (Lipinski definition) is 4. The molecule has 4 rings (SSSR count). The average molecular weight is 449 g/mol. The van der Waals surface area contributed by atoms with Crippen molar-refractivity contribution >= 4 is 38.9 Å². The summed E-state index contributed by atoms with van der Waals surface area (Å²) >= 11 is 6.17. The molecule has 1 amide bonds. The van der Waals surface area contributed by atoms with E-state index in [2.05, 4.69) is 10.0 Å². The Kier molecular flexibility index (Phi) is 5.93. The fraction of sp³-hybridized carbons (Fsp3) is 0.409. The Balaban J connectivity index is 1.49. The van der Waals surface area contributed by atoms with Gasteiger partial charge in [-0.3, -0.25) is 9.52 Å². The molecule has 0 unspecified atom stereocenters. The second-order valence-electron chi connectivity index (χ2n) is 8.14. The lowest BCUT2D eigenvalue weighted by atomic mass is 9.86. The van der Waals surface area contributed by atoms with Crippen molar-refractivity contribution in [2.75, 3.05) is 17.1 Å². The largest absolute Gasteiger partial charge is 0.495 e. The second kappa shape index (κ2) is 8.47. The zero-order valence-electron chi connectivity index (χ0n) is 16.7. The van der Waals surface area contributed by atoms with Gasteiger partial charge < -0.3 is 10.1 Å². The summed E-state index contributed by atoms with van der Waals surface area (Å²) in [5, 5.41) is 2.91. The van der Waals surface area contributed by atoms with Crippen LogP contribution >= 0.6 is 11.6 Å². The molecule has 0 spiro atoms. The van der Waals surface area contributed by atoms with Crippen LogP contribution in [-0.4, -0.2) is 21.4 Å². The van der Waals surface area contributed by atoms with Gasteiger partial charge in [0.1, 0.15) is 10.6 Å². The van der Waals surface area contributed by atoms with Crippen LogP contribution in [0.2, 0.25) is 5.02 Å². The highest BCUT2D eigenvalue weighted by atomic mass is 35.5. The minimum Gasteiger partial charge on any atom is -0.495 e. The molecule has 2 aromatic carbocycles. The van der Waals surface area contributed by atoms with Crippen LogP contribution in [0.3, 0.4) is 0 Å². The molecule has 2 aliphatic carbocycles. The molecule has 3 atom stereocenters. The number of sulfonamides is 1. The maximum Gasteiger partial charge on any atom is 0.263 e. The second-order valence-corrected chi connectivity index (χ2v) is 10.2. The molecule has 30 heavy (non-hydrogen) atoms. The van der Waals surface area contributed by atoms with Gasteiger partial charge in [0.2, 0.25) is 5.91 Å². The van der Waals surface area contributed by atoms with E-state index in [1.54, 1.807) is 30.3 Å². The van der Waals surface area contributed by atoms with Gasteiger partial charge in [0.25, 0.3) is 10.0 Å². The van der Waals surface area contributed by atoms with Crippen LogP contribution in [0.25, 0.3) is 0 Å². The standard InChI is InChI=1S/C22H25ClN2O4S/c1-29-20-5-3-2-4-19(20)25-30(27,28)21-13-17(8-9-18(21)23)24-22(26)12-16-11-14-6-7-15(16)10-14/h2-5,8-9,13-16,25H,6-7,10-12H2,1H3,(H,24,26)/t14-,15-,16-/m0/s1. The normalized spacial score (nSPS) is 22.7. The molecular weight excluding hydrogens is 424 g/mol. The first-order valence-electron chi connectivity index (χ1n) is 10.1. The number of ether oxygens (including phenoxy) is 1. The third-order valence-electron chi connectivity index (χ3n) is 6.19. The van der Waals surface area contributed by atoms with Crippen LogP contribution in [0.4, 0.5) is 11.4 Å². The number of rotatable bonds is 7. The number of carbonyl (C=O) groups is 1. The van der Waals surface area contributed by atoms with E-state index in [-0.39, 0.29) is 15.8 Å². The van der Waals surface area contributed by atoms with Crippen LogP contribution in [0.15, 0.2) is 47.4 Å². The summed E-state index contributed by atoms with van der Waals surface area (Å²) in [6.45, 7) is 0. The summed E-state index contributed by atoms with van der Waals surface area (Å²) in [6, 6.07) is 11.2. The molecule has 0 aliphatic heterocycles. The summed E-state index contributed by atoms with van der Waals surface area (Å²) in [6.07, 6.45) is 5.36. The first-order chi connectivity index (χ1) is 14.4. The fourth-order valence-corrected chi connectivity index (χ4v) is 6.39. The maximum atomic E-state index is 12.9. The predicted molar refractivity (Wildman–Crippen MR) is 117 cm³/mol. The fourth-order valence-electron chi connectivity index (χ4n) is 4.79. The highest BCUT2D eigenvalue weighted by molar-refractivity contribution is 7.92. The Bertz CT molecular complexity index is 1060. The number of carbonyl (C=O) groups excluding carboxylic acids is 1. The molecule has 0 heterocycles. The molecule has 0 aromatic heterocycles. The Morgan fingerprint density at radius 2 is 1.97 bits per heavy atom. The zero-order chi connectivity index (χ0) is 21.3. The van der Waals surface area contributed by atoms with Gasteiger partial charge in [-0.05, 0) is 67.3 Å². The molecule has 6 nitrogen and oxygen atoms in total.